The van der Waals surface area contributed by atoms with Crippen LogP contribution in [0.1, 0.15) is 57.3 Å². The van der Waals surface area contributed by atoms with Crippen LogP contribution in [0.15, 0.2) is 24.3 Å². The normalized spacial score (nSPS) is 30.1. The Hall–Kier alpha value is -2.41. The maximum Gasteiger partial charge on any atom is 0.270 e. The van der Waals surface area contributed by atoms with Crippen LogP contribution in [0.2, 0.25) is 0 Å². The minimum absolute atomic E-state index is 0.0223. The number of ether oxygens (including phenoxy) is 1. The molecule has 3 heterocycles. The highest BCUT2D eigenvalue weighted by molar-refractivity contribution is 5.59. The van der Waals surface area contributed by atoms with Crippen molar-refractivity contribution in [2.75, 3.05) is 0 Å². The third kappa shape index (κ3) is 2.33. The van der Waals surface area contributed by atoms with Gasteiger partial charge in [0.1, 0.15) is 11.3 Å². The first-order valence-electron chi connectivity index (χ1n) is 8.56. The second-order valence-corrected chi connectivity index (χ2v) is 7.27. The van der Waals surface area contributed by atoms with E-state index in [1.165, 1.54) is 12.1 Å². The van der Waals surface area contributed by atoms with Gasteiger partial charge in [-0.1, -0.05) is 19.1 Å². The van der Waals surface area contributed by atoms with E-state index in [-0.39, 0.29) is 17.2 Å². The van der Waals surface area contributed by atoms with Crippen molar-refractivity contribution >= 4 is 5.69 Å². The fourth-order valence-electron chi connectivity index (χ4n) is 4.11. The molecule has 2 bridgehead atoms. The summed E-state index contributed by atoms with van der Waals surface area (Å²) in [5.74, 6) is 0.597. The van der Waals surface area contributed by atoms with Crippen molar-refractivity contribution in [3.63, 3.8) is 0 Å². The molecule has 3 atom stereocenters. The molecule has 1 aromatic heterocycles. The molecule has 0 saturated carbocycles. The molecule has 3 unspecified atom stereocenters. The molecule has 1 saturated heterocycles. The molecular weight excluding hydrogens is 320 g/mol. The van der Waals surface area contributed by atoms with Gasteiger partial charge in [0.25, 0.3) is 5.69 Å². The summed E-state index contributed by atoms with van der Waals surface area (Å²) < 4.78 is 6.40. The van der Waals surface area contributed by atoms with Gasteiger partial charge in [0.15, 0.2) is 5.82 Å². The van der Waals surface area contributed by atoms with Gasteiger partial charge in [-0.3, -0.25) is 10.1 Å². The first-order valence-corrected chi connectivity index (χ1v) is 8.56. The largest absolute Gasteiger partial charge is 0.362 e. The number of benzene rings is 1. The van der Waals surface area contributed by atoms with Crippen LogP contribution in [0.25, 0.3) is 11.4 Å². The Morgan fingerprint density at radius 2 is 2.16 bits per heavy atom. The fourth-order valence-corrected chi connectivity index (χ4v) is 4.11. The van der Waals surface area contributed by atoms with Crippen LogP contribution >= 0.6 is 0 Å². The predicted octanol–water partition coefficient (Wildman–Crippen LogP) is 3.74. The number of nitrogens with zero attached hydrogens (tertiary/aromatic N) is 4. The number of aromatic nitrogens is 3. The lowest BCUT2D eigenvalue weighted by atomic mass is 9.68. The van der Waals surface area contributed by atoms with E-state index in [0.717, 1.165) is 30.7 Å². The zero-order valence-electron chi connectivity index (χ0n) is 14.5. The van der Waals surface area contributed by atoms with Crippen LogP contribution in [0.4, 0.5) is 5.69 Å². The van der Waals surface area contributed by atoms with Crippen LogP contribution in [-0.2, 0) is 10.3 Å². The maximum atomic E-state index is 11.0. The first kappa shape index (κ1) is 16.1. The summed E-state index contributed by atoms with van der Waals surface area (Å²) in [6.45, 7) is 6.31. The SMILES string of the molecule is CCC1(C)OC2(C)CCC1c1nc(-c3cccc([N+](=O)[O-])c3)nnc12. The molecule has 25 heavy (non-hydrogen) atoms. The topological polar surface area (TPSA) is 91.0 Å². The molecule has 2 aromatic rings. The van der Waals surface area contributed by atoms with E-state index in [1.807, 2.05) is 0 Å². The zero-order valence-corrected chi connectivity index (χ0v) is 14.5. The third-order valence-corrected chi connectivity index (χ3v) is 5.67. The fraction of sp³-hybridized carbons (Fsp3) is 0.500. The molecule has 0 amide bonds. The maximum absolute atomic E-state index is 11.0. The number of hydrogen-bond donors (Lipinski definition) is 0. The molecule has 3 aliphatic rings. The average molecular weight is 340 g/mol. The van der Waals surface area contributed by atoms with Gasteiger partial charge in [-0.2, -0.15) is 0 Å². The molecule has 0 N–H and O–H groups in total. The summed E-state index contributed by atoms with van der Waals surface area (Å²) in [6.07, 6.45) is 2.80. The first-order chi connectivity index (χ1) is 11.9. The van der Waals surface area contributed by atoms with E-state index in [9.17, 15) is 10.1 Å². The highest BCUT2D eigenvalue weighted by atomic mass is 16.6. The summed E-state index contributed by atoms with van der Waals surface area (Å²) in [4.78, 5) is 15.4. The summed E-state index contributed by atoms with van der Waals surface area (Å²) >= 11 is 0. The summed E-state index contributed by atoms with van der Waals surface area (Å²) in [5.41, 5.74) is 1.64. The summed E-state index contributed by atoms with van der Waals surface area (Å²) in [7, 11) is 0. The van der Waals surface area contributed by atoms with E-state index in [0.29, 0.717) is 11.4 Å². The van der Waals surface area contributed by atoms with E-state index in [1.54, 1.807) is 12.1 Å². The van der Waals surface area contributed by atoms with Gasteiger partial charge < -0.3 is 4.74 Å². The van der Waals surface area contributed by atoms with Crippen LogP contribution < -0.4 is 0 Å². The van der Waals surface area contributed by atoms with Gasteiger partial charge in [0.05, 0.1) is 16.2 Å². The van der Waals surface area contributed by atoms with Crippen molar-refractivity contribution in [3.8, 4) is 11.4 Å². The van der Waals surface area contributed by atoms with Crippen molar-refractivity contribution in [1.29, 1.82) is 0 Å². The van der Waals surface area contributed by atoms with Gasteiger partial charge in [-0.25, -0.2) is 4.98 Å². The molecule has 0 radical (unpaired) electrons. The third-order valence-electron chi connectivity index (χ3n) is 5.67. The minimum atomic E-state index is -0.462. The molecule has 2 aliphatic heterocycles. The monoisotopic (exact) mass is 340 g/mol. The van der Waals surface area contributed by atoms with Gasteiger partial charge in [-0.15, -0.1) is 10.2 Å². The predicted molar refractivity (Wildman–Crippen MR) is 91.0 cm³/mol. The molecule has 0 spiro atoms. The minimum Gasteiger partial charge on any atom is -0.362 e. The second kappa shape index (κ2) is 5.29. The van der Waals surface area contributed by atoms with Crippen LogP contribution in [0, 0.1) is 10.1 Å². The number of nitro benzene ring substituents is 1. The molecular formula is C18H20N4O3. The highest BCUT2D eigenvalue weighted by Gasteiger charge is 2.55. The van der Waals surface area contributed by atoms with Gasteiger partial charge in [0, 0.05) is 23.6 Å². The van der Waals surface area contributed by atoms with Crippen molar-refractivity contribution < 1.29 is 9.66 Å². The Bertz CT molecular complexity index is 871. The smallest absolute Gasteiger partial charge is 0.270 e. The van der Waals surface area contributed by atoms with E-state index in [2.05, 4.69) is 31.0 Å². The Morgan fingerprint density at radius 1 is 1.36 bits per heavy atom. The summed E-state index contributed by atoms with van der Waals surface area (Å²) in [5, 5.41) is 19.7. The lowest BCUT2D eigenvalue weighted by Gasteiger charge is -2.54. The summed E-state index contributed by atoms with van der Waals surface area (Å²) in [6, 6.07) is 6.36. The molecule has 7 nitrogen and oxygen atoms in total. The molecule has 1 fully saturated rings. The number of nitro groups is 1. The molecule has 1 aromatic carbocycles. The van der Waals surface area contributed by atoms with Crippen molar-refractivity contribution in [1.82, 2.24) is 15.2 Å². The van der Waals surface area contributed by atoms with Gasteiger partial charge in [0.2, 0.25) is 0 Å². The Balaban J connectivity index is 1.84. The van der Waals surface area contributed by atoms with E-state index in [4.69, 9.17) is 9.72 Å². The van der Waals surface area contributed by atoms with Gasteiger partial charge in [-0.05, 0) is 33.1 Å². The number of rotatable bonds is 3. The lowest BCUT2D eigenvalue weighted by molar-refractivity contribution is -0.384. The lowest BCUT2D eigenvalue weighted by Crippen LogP contribution is -2.54. The molecule has 7 heteroatoms. The van der Waals surface area contributed by atoms with Crippen molar-refractivity contribution in [3.05, 3.63) is 45.8 Å². The number of hydrogen-bond acceptors (Lipinski definition) is 6. The second-order valence-electron chi connectivity index (χ2n) is 7.27. The Labute approximate surface area is 145 Å². The molecule has 130 valence electrons. The van der Waals surface area contributed by atoms with Gasteiger partial charge >= 0.3 is 0 Å². The van der Waals surface area contributed by atoms with E-state index < -0.39 is 10.5 Å². The average Bonchev–Trinajstić information content (AvgIpc) is 2.61. The standard InChI is InChI=1S/C18H20N4O3/c1-4-17(2)13-8-9-18(3,25-17)15-14(13)19-16(21-20-15)11-6-5-7-12(10-11)22(23)24/h5-7,10,13H,4,8-9H2,1-3H3. The van der Waals surface area contributed by atoms with Crippen LogP contribution in [0.5, 0.6) is 0 Å². The zero-order chi connectivity index (χ0) is 17.8. The van der Waals surface area contributed by atoms with Crippen molar-refractivity contribution in [2.24, 2.45) is 0 Å². The number of non-ortho nitro benzene ring substituents is 1. The highest BCUT2D eigenvalue weighted by Crippen LogP contribution is 2.56. The number of fused-ring (bicyclic) bond motifs is 2. The Morgan fingerprint density at radius 3 is 2.88 bits per heavy atom. The van der Waals surface area contributed by atoms with Crippen LogP contribution in [-0.4, -0.2) is 25.7 Å². The van der Waals surface area contributed by atoms with E-state index >= 15 is 0 Å². The molecule has 1 aliphatic carbocycles. The van der Waals surface area contributed by atoms with Crippen molar-refractivity contribution in [2.45, 2.75) is 57.2 Å². The molecule has 5 rings (SSSR count). The quantitative estimate of drug-likeness (QED) is 0.624. The Kier molecular flexibility index (Phi) is 3.40. The van der Waals surface area contributed by atoms with Crippen LogP contribution in [0.3, 0.4) is 0 Å².